The molecule has 0 radical (unpaired) electrons. The number of aryl methyl sites for hydroxylation is 1. The van der Waals surface area contributed by atoms with Crippen molar-refractivity contribution in [3.05, 3.63) is 29.5 Å². The van der Waals surface area contributed by atoms with Crippen LogP contribution in [0, 0.1) is 5.92 Å². The van der Waals surface area contributed by atoms with Gasteiger partial charge >= 0.3 is 0 Å². The van der Waals surface area contributed by atoms with Crippen molar-refractivity contribution in [2.45, 2.75) is 19.3 Å². The summed E-state index contributed by atoms with van der Waals surface area (Å²) in [5.41, 5.74) is 3.95. The molecule has 5 nitrogen and oxygen atoms in total. The average Bonchev–Trinajstić information content (AvgIpc) is 2.93. The summed E-state index contributed by atoms with van der Waals surface area (Å²) in [5.74, 6) is 1.33. The summed E-state index contributed by atoms with van der Waals surface area (Å²) >= 11 is 0. The molecule has 5 heteroatoms. The quantitative estimate of drug-likeness (QED) is 0.914. The predicted octanol–water partition coefficient (Wildman–Crippen LogP) is 1.72. The minimum Gasteiger partial charge on any atom is -0.497 e. The topological polar surface area (TPSA) is 46.5 Å². The number of benzene rings is 1. The second-order valence-corrected chi connectivity index (χ2v) is 6.88. The lowest BCUT2D eigenvalue weighted by Gasteiger charge is -2.32. The van der Waals surface area contributed by atoms with Crippen LogP contribution >= 0.6 is 0 Å². The number of rotatable bonds is 2. The van der Waals surface area contributed by atoms with E-state index >= 15 is 0 Å². The van der Waals surface area contributed by atoms with Crippen LogP contribution in [0.25, 0.3) is 10.9 Å². The largest absolute Gasteiger partial charge is 0.497 e. The average molecular weight is 327 g/mol. The van der Waals surface area contributed by atoms with Crippen molar-refractivity contribution in [2.75, 3.05) is 33.3 Å². The van der Waals surface area contributed by atoms with Crippen molar-refractivity contribution < 1.29 is 9.53 Å². The Morgan fingerprint density at radius 1 is 1.29 bits per heavy atom. The van der Waals surface area contributed by atoms with Gasteiger partial charge in [0.1, 0.15) is 5.75 Å². The number of amides is 1. The highest BCUT2D eigenvalue weighted by Gasteiger charge is 2.31. The van der Waals surface area contributed by atoms with E-state index in [1.54, 1.807) is 7.11 Å². The van der Waals surface area contributed by atoms with E-state index in [2.05, 4.69) is 29.1 Å². The molecule has 1 aromatic carbocycles. The first-order chi connectivity index (χ1) is 11.7. The van der Waals surface area contributed by atoms with E-state index in [1.165, 1.54) is 22.2 Å². The molecular weight excluding hydrogens is 302 g/mol. The molecule has 1 N–H and O–H groups in total. The summed E-state index contributed by atoms with van der Waals surface area (Å²) in [4.78, 5) is 14.9. The lowest BCUT2D eigenvalue weighted by atomic mass is 9.85. The number of aromatic nitrogens is 1. The number of methoxy groups -OCH3 is 1. The summed E-state index contributed by atoms with van der Waals surface area (Å²) < 4.78 is 7.69. The van der Waals surface area contributed by atoms with Crippen LogP contribution in [0.4, 0.5) is 0 Å². The molecule has 1 aromatic heterocycles. The summed E-state index contributed by atoms with van der Waals surface area (Å²) in [6, 6.07) is 6.25. The number of hydrogen-bond donors (Lipinski definition) is 1. The van der Waals surface area contributed by atoms with Gasteiger partial charge in [-0.05, 0) is 43.0 Å². The third-order valence-electron chi connectivity index (χ3n) is 5.60. The van der Waals surface area contributed by atoms with Crippen molar-refractivity contribution in [1.82, 2.24) is 14.8 Å². The molecule has 1 aliphatic heterocycles. The van der Waals surface area contributed by atoms with E-state index in [4.69, 9.17) is 4.74 Å². The summed E-state index contributed by atoms with van der Waals surface area (Å²) in [6.45, 7) is 3.50. The Balaban J connectivity index is 1.66. The fourth-order valence-corrected chi connectivity index (χ4v) is 4.24. The Morgan fingerprint density at radius 2 is 2.08 bits per heavy atom. The molecular formula is C19H25N3O2. The maximum absolute atomic E-state index is 12.9. The Morgan fingerprint density at radius 3 is 2.83 bits per heavy atom. The molecule has 1 atom stereocenters. The van der Waals surface area contributed by atoms with Crippen LogP contribution in [0.2, 0.25) is 0 Å². The first kappa shape index (κ1) is 15.5. The van der Waals surface area contributed by atoms with E-state index in [-0.39, 0.29) is 5.92 Å². The zero-order valence-electron chi connectivity index (χ0n) is 14.5. The molecule has 2 aromatic rings. The van der Waals surface area contributed by atoms with E-state index in [9.17, 15) is 4.79 Å². The normalized spacial score (nSPS) is 20.9. The number of nitrogens with one attached hydrogen (secondary N) is 1. The van der Waals surface area contributed by atoms with Gasteiger partial charge in [0, 0.05) is 55.7 Å². The van der Waals surface area contributed by atoms with Crippen molar-refractivity contribution in [1.29, 1.82) is 0 Å². The molecule has 128 valence electrons. The highest BCUT2D eigenvalue weighted by Crippen LogP contribution is 2.36. The maximum Gasteiger partial charge on any atom is 0.226 e. The molecule has 0 bridgehead atoms. The third-order valence-corrected chi connectivity index (χ3v) is 5.60. The van der Waals surface area contributed by atoms with E-state index < -0.39 is 0 Å². The third kappa shape index (κ3) is 2.47. The SMILES string of the molecule is COc1ccc2c(c1)c1c(n2C)CCC(C(=O)N2CCNCC2)C1. The number of hydrogen-bond acceptors (Lipinski definition) is 3. The van der Waals surface area contributed by atoms with Crippen LogP contribution in [0.1, 0.15) is 17.7 Å². The Labute approximate surface area is 142 Å². The molecule has 2 aliphatic rings. The number of fused-ring (bicyclic) bond motifs is 3. The minimum absolute atomic E-state index is 0.118. The van der Waals surface area contributed by atoms with Crippen LogP contribution < -0.4 is 10.1 Å². The Hall–Kier alpha value is -2.01. The summed E-state index contributed by atoms with van der Waals surface area (Å²) in [6.07, 6.45) is 2.78. The molecule has 1 aliphatic carbocycles. The Bertz CT molecular complexity index is 775. The lowest BCUT2D eigenvalue weighted by molar-refractivity contribution is -0.136. The maximum atomic E-state index is 12.9. The van der Waals surface area contributed by atoms with Crippen LogP contribution in [-0.4, -0.2) is 48.7 Å². The highest BCUT2D eigenvalue weighted by molar-refractivity contribution is 5.88. The molecule has 0 spiro atoms. The lowest BCUT2D eigenvalue weighted by Crippen LogP contribution is -2.49. The number of carbonyl (C=O) groups excluding carboxylic acids is 1. The molecule has 2 heterocycles. The first-order valence-electron chi connectivity index (χ1n) is 8.82. The van der Waals surface area contributed by atoms with Crippen molar-refractivity contribution in [3.63, 3.8) is 0 Å². The number of ether oxygens (including phenoxy) is 1. The second kappa shape index (κ2) is 6.13. The molecule has 4 rings (SSSR count). The van der Waals surface area contributed by atoms with Gasteiger partial charge in [-0.3, -0.25) is 4.79 Å². The van der Waals surface area contributed by atoms with E-state index in [0.717, 1.165) is 51.2 Å². The molecule has 0 saturated carbocycles. The smallest absolute Gasteiger partial charge is 0.226 e. The summed E-state index contributed by atoms with van der Waals surface area (Å²) in [7, 11) is 3.83. The number of carbonyl (C=O) groups is 1. The van der Waals surface area contributed by atoms with Crippen LogP contribution in [0.5, 0.6) is 5.75 Å². The fourth-order valence-electron chi connectivity index (χ4n) is 4.24. The van der Waals surface area contributed by atoms with Gasteiger partial charge in [0.2, 0.25) is 5.91 Å². The van der Waals surface area contributed by atoms with E-state index in [1.807, 2.05) is 11.0 Å². The molecule has 24 heavy (non-hydrogen) atoms. The van der Waals surface area contributed by atoms with E-state index in [0.29, 0.717) is 5.91 Å². The molecule has 1 unspecified atom stereocenters. The fraction of sp³-hybridized carbons (Fsp3) is 0.526. The molecule has 1 fully saturated rings. The molecule has 1 saturated heterocycles. The molecule has 1 amide bonds. The van der Waals surface area contributed by atoms with Gasteiger partial charge in [0.15, 0.2) is 0 Å². The minimum atomic E-state index is 0.118. The van der Waals surface area contributed by atoms with Crippen LogP contribution in [-0.2, 0) is 24.7 Å². The van der Waals surface area contributed by atoms with Gasteiger partial charge in [-0.2, -0.15) is 0 Å². The zero-order valence-corrected chi connectivity index (χ0v) is 14.5. The standard InChI is InChI=1S/C19H25N3O2/c1-21-17-5-3-13(19(23)22-9-7-20-8-10-22)11-15(17)16-12-14(24-2)4-6-18(16)21/h4,6,12-13,20H,3,5,7-11H2,1-2H3. The monoisotopic (exact) mass is 327 g/mol. The van der Waals surface area contributed by atoms with Crippen molar-refractivity contribution in [2.24, 2.45) is 13.0 Å². The van der Waals surface area contributed by atoms with Gasteiger partial charge in [-0.15, -0.1) is 0 Å². The van der Waals surface area contributed by atoms with Crippen LogP contribution in [0.3, 0.4) is 0 Å². The predicted molar refractivity (Wildman–Crippen MR) is 94.4 cm³/mol. The van der Waals surface area contributed by atoms with Crippen molar-refractivity contribution in [3.8, 4) is 5.75 Å². The Kier molecular flexibility index (Phi) is 3.96. The number of nitrogens with zero attached hydrogens (tertiary/aromatic N) is 2. The van der Waals surface area contributed by atoms with Gasteiger partial charge in [0.25, 0.3) is 0 Å². The highest BCUT2D eigenvalue weighted by atomic mass is 16.5. The second-order valence-electron chi connectivity index (χ2n) is 6.88. The van der Waals surface area contributed by atoms with Crippen LogP contribution in [0.15, 0.2) is 18.2 Å². The first-order valence-corrected chi connectivity index (χ1v) is 8.82. The van der Waals surface area contributed by atoms with Gasteiger partial charge < -0.3 is 19.5 Å². The zero-order chi connectivity index (χ0) is 16.7. The van der Waals surface area contributed by atoms with Gasteiger partial charge in [0.05, 0.1) is 7.11 Å². The van der Waals surface area contributed by atoms with Gasteiger partial charge in [-0.1, -0.05) is 0 Å². The van der Waals surface area contributed by atoms with Crippen molar-refractivity contribution >= 4 is 16.8 Å². The summed E-state index contributed by atoms with van der Waals surface area (Å²) in [5, 5.41) is 4.56. The number of piperazine rings is 1. The van der Waals surface area contributed by atoms with Gasteiger partial charge in [-0.25, -0.2) is 0 Å².